The number of pyridine rings is 1. The predicted molar refractivity (Wildman–Crippen MR) is 52.3 cm³/mol. The van der Waals surface area contributed by atoms with E-state index in [4.69, 9.17) is 10.5 Å². The van der Waals surface area contributed by atoms with E-state index in [1.807, 2.05) is 6.07 Å². The molecule has 5 heteroatoms. The molecule has 0 fully saturated rings. The topological polar surface area (TPSA) is 66.0 Å². The van der Waals surface area contributed by atoms with Crippen LogP contribution in [0, 0.1) is 0 Å². The number of nitrogens with zero attached hydrogens (tertiary/aromatic N) is 3. The van der Waals surface area contributed by atoms with Gasteiger partial charge < -0.3 is 10.5 Å². The van der Waals surface area contributed by atoms with E-state index in [9.17, 15) is 0 Å². The van der Waals surface area contributed by atoms with Crippen molar-refractivity contribution in [2.45, 2.75) is 0 Å². The summed E-state index contributed by atoms with van der Waals surface area (Å²) >= 11 is 0. The molecule has 0 saturated heterocycles. The van der Waals surface area contributed by atoms with E-state index in [0.29, 0.717) is 11.6 Å². The van der Waals surface area contributed by atoms with E-state index in [2.05, 4.69) is 10.1 Å². The third kappa shape index (κ3) is 1.52. The minimum absolute atomic E-state index is 0.493. The van der Waals surface area contributed by atoms with E-state index < -0.39 is 0 Å². The first kappa shape index (κ1) is 8.55. The van der Waals surface area contributed by atoms with Crippen LogP contribution in [0.25, 0.3) is 5.69 Å². The van der Waals surface area contributed by atoms with Crippen LogP contribution in [0.5, 0.6) is 5.75 Å². The van der Waals surface area contributed by atoms with Gasteiger partial charge in [-0.05, 0) is 12.1 Å². The molecule has 2 rings (SSSR count). The van der Waals surface area contributed by atoms with Crippen molar-refractivity contribution >= 4 is 5.82 Å². The maximum Gasteiger partial charge on any atom is 0.157 e. The van der Waals surface area contributed by atoms with Gasteiger partial charge in [0.25, 0.3) is 0 Å². The molecule has 0 aliphatic rings. The molecule has 0 aliphatic heterocycles. The predicted octanol–water partition coefficient (Wildman–Crippen LogP) is 0.858. The summed E-state index contributed by atoms with van der Waals surface area (Å²) in [4.78, 5) is 3.97. The van der Waals surface area contributed by atoms with Gasteiger partial charge in [0.2, 0.25) is 0 Å². The fourth-order valence-electron chi connectivity index (χ4n) is 1.09. The van der Waals surface area contributed by atoms with Crippen LogP contribution >= 0.6 is 0 Å². The second kappa shape index (κ2) is 3.37. The second-order valence-corrected chi connectivity index (χ2v) is 2.77. The van der Waals surface area contributed by atoms with Gasteiger partial charge in [0.1, 0.15) is 5.82 Å². The third-order valence-electron chi connectivity index (χ3n) is 1.83. The zero-order chi connectivity index (χ0) is 9.97. The molecule has 0 saturated carbocycles. The highest BCUT2D eigenvalue weighted by Crippen LogP contribution is 2.12. The second-order valence-electron chi connectivity index (χ2n) is 2.77. The van der Waals surface area contributed by atoms with Gasteiger partial charge in [0, 0.05) is 0 Å². The minimum Gasteiger partial charge on any atom is -0.493 e. The summed E-state index contributed by atoms with van der Waals surface area (Å²) in [7, 11) is 1.60. The maximum atomic E-state index is 5.47. The summed E-state index contributed by atoms with van der Waals surface area (Å²) in [5.41, 5.74) is 6.32. The summed E-state index contributed by atoms with van der Waals surface area (Å²) in [5.74, 6) is 1.20. The molecule has 0 aromatic carbocycles. The average Bonchev–Trinajstić information content (AvgIpc) is 2.67. The first-order valence-corrected chi connectivity index (χ1v) is 4.10. The number of nitrogens with two attached hydrogens (primary N) is 1. The number of ether oxygens (including phenoxy) is 1. The lowest BCUT2D eigenvalue weighted by Gasteiger charge is -1.99. The quantitative estimate of drug-likeness (QED) is 0.762. The van der Waals surface area contributed by atoms with Crippen LogP contribution in [0.3, 0.4) is 0 Å². The van der Waals surface area contributed by atoms with Crippen molar-refractivity contribution < 1.29 is 4.74 Å². The molecule has 0 aliphatic carbocycles. The lowest BCUT2D eigenvalue weighted by atomic mass is 10.4. The molecular weight excluding hydrogens is 180 g/mol. The smallest absolute Gasteiger partial charge is 0.157 e. The van der Waals surface area contributed by atoms with Crippen LogP contribution in [-0.4, -0.2) is 21.9 Å². The zero-order valence-corrected chi connectivity index (χ0v) is 7.71. The summed E-state index contributed by atoms with van der Waals surface area (Å²) in [6.45, 7) is 0. The highest BCUT2D eigenvalue weighted by molar-refractivity contribution is 5.37. The molecule has 0 atom stereocenters. The third-order valence-corrected chi connectivity index (χ3v) is 1.83. The lowest BCUT2D eigenvalue weighted by molar-refractivity contribution is 0.414. The van der Waals surface area contributed by atoms with Crippen molar-refractivity contribution in [3.63, 3.8) is 0 Å². The lowest BCUT2D eigenvalue weighted by Crippen LogP contribution is -1.96. The molecule has 0 amide bonds. The van der Waals surface area contributed by atoms with Crippen LogP contribution in [0.15, 0.2) is 30.7 Å². The van der Waals surface area contributed by atoms with Gasteiger partial charge >= 0.3 is 0 Å². The van der Waals surface area contributed by atoms with Crippen molar-refractivity contribution in [2.24, 2.45) is 0 Å². The Balaban J connectivity index is 2.34. The number of methoxy groups -OCH3 is 1. The summed E-state index contributed by atoms with van der Waals surface area (Å²) in [6.07, 6.45) is 5.06. The Morgan fingerprint density at radius 1 is 1.36 bits per heavy atom. The van der Waals surface area contributed by atoms with E-state index >= 15 is 0 Å². The summed E-state index contributed by atoms with van der Waals surface area (Å²) < 4.78 is 6.68. The van der Waals surface area contributed by atoms with Gasteiger partial charge in [-0.15, -0.1) is 0 Å². The van der Waals surface area contributed by atoms with Crippen molar-refractivity contribution in [2.75, 3.05) is 12.8 Å². The van der Waals surface area contributed by atoms with Crippen molar-refractivity contribution in [1.82, 2.24) is 14.8 Å². The highest BCUT2D eigenvalue weighted by atomic mass is 16.5. The van der Waals surface area contributed by atoms with Crippen LogP contribution in [0.4, 0.5) is 5.82 Å². The molecular formula is C9H10N4O. The largest absolute Gasteiger partial charge is 0.493 e. The van der Waals surface area contributed by atoms with Crippen LogP contribution < -0.4 is 10.5 Å². The Morgan fingerprint density at radius 2 is 2.21 bits per heavy atom. The van der Waals surface area contributed by atoms with Gasteiger partial charge in [-0.1, -0.05) is 0 Å². The Kier molecular flexibility index (Phi) is 2.06. The molecule has 0 bridgehead atoms. The molecule has 2 aromatic heterocycles. The summed E-state index contributed by atoms with van der Waals surface area (Å²) in [6, 6.07) is 3.57. The number of rotatable bonds is 2. The van der Waals surface area contributed by atoms with Crippen LogP contribution in [0.1, 0.15) is 0 Å². The van der Waals surface area contributed by atoms with Crippen molar-refractivity contribution in [3.05, 3.63) is 30.7 Å². The van der Waals surface area contributed by atoms with E-state index in [0.717, 1.165) is 5.69 Å². The minimum atomic E-state index is 0.493. The van der Waals surface area contributed by atoms with Gasteiger partial charge in [-0.25, -0.2) is 9.67 Å². The van der Waals surface area contributed by atoms with Crippen LogP contribution in [-0.2, 0) is 0 Å². The molecule has 2 heterocycles. The van der Waals surface area contributed by atoms with Gasteiger partial charge in [0.15, 0.2) is 5.75 Å². The first-order chi connectivity index (χ1) is 6.79. The number of anilines is 1. The van der Waals surface area contributed by atoms with Crippen molar-refractivity contribution in [1.29, 1.82) is 0 Å². The fourth-order valence-corrected chi connectivity index (χ4v) is 1.09. The fraction of sp³-hybridized carbons (Fsp3) is 0.111. The molecule has 0 spiro atoms. The molecule has 5 nitrogen and oxygen atoms in total. The molecule has 0 radical (unpaired) electrons. The Bertz CT molecular complexity index is 421. The first-order valence-electron chi connectivity index (χ1n) is 4.10. The van der Waals surface area contributed by atoms with E-state index in [1.54, 1.807) is 36.4 Å². The number of hydrogen-bond donors (Lipinski definition) is 1. The van der Waals surface area contributed by atoms with Crippen LogP contribution in [0.2, 0.25) is 0 Å². The highest BCUT2D eigenvalue weighted by Gasteiger charge is 2.00. The molecule has 0 unspecified atom stereocenters. The maximum absolute atomic E-state index is 5.47. The Morgan fingerprint density at radius 3 is 2.79 bits per heavy atom. The van der Waals surface area contributed by atoms with E-state index in [-0.39, 0.29) is 0 Å². The molecule has 14 heavy (non-hydrogen) atoms. The number of nitrogen functional groups attached to an aromatic ring is 1. The van der Waals surface area contributed by atoms with Gasteiger partial charge in [-0.2, -0.15) is 5.10 Å². The Labute approximate surface area is 81.1 Å². The zero-order valence-electron chi connectivity index (χ0n) is 7.71. The summed E-state index contributed by atoms with van der Waals surface area (Å²) in [5, 5.41) is 4.10. The molecule has 2 aromatic rings. The Hall–Kier alpha value is -2.04. The van der Waals surface area contributed by atoms with Gasteiger partial charge in [0.05, 0.1) is 31.4 Å². The number of hydrogen-bond acceptors (Lipinski definition) is 4. The van der Waals surface area contributed by atoms with E-state index in [1.165, 1.54) is 0 Å². The van der Waals surface area contributed by atoms with Crippen molar-refractivity contribution in [3.8, 4) is 11.4 Å². The number of aromatic nitrogens is 3. The average molecular weight is 190 g/mol. The standard InChI is InChI=1S/C9H10N4O/c1-14-8-5-12-13(6-8)7-2-3-9(10)11-4-7/h2-6H,1H3,(H2,10,11). The monoisotopic (exact) mass is 190 g/mol. The molecule has 2 N–H and O–H groups in total. The van der Waals surface area contributed by atoms with Gasteiger partial charge in [-0.3, -0.25) is 0 Å². The molecule has 72 valence electrons. The SMILES string of the molecule is COc1cnn(-c2ccc(N)nc2)c1. The normalized spacial score (nSPS) is 10.1.